The number of pyridine rings is 1. The average Bonchev–Trinajstić information content (AvgIpc) is 2.47. The van der Waals surface area contributed by atoms with Gasteiger partial charge in [-0.1, -0.05) is 40.2 Å². The SMILES string of the molecule is C[n+]1ccc2c3c(c(Br)ccc31)C(=O)c1ccccc1-2. The first-order valence-electron chi connectivity index (χ1n) is 6.43. The Kier molecular flexibility index (Phi) is 2.36. The molecule has 2 aromatic carbocycles. The monoisotopic (exact) mass is 324 g/mol. The molecule has 4 rings (SSSR count). The maximum atomic E-state index is 12.8. The molecule has 0 bridgehead atoms. The number of aryl methyl sites for hydroxylation is 1. The van der Waals surface area contributed by atoms with Crippen molar-refractivity contribution in [1.29, 1.82) is 0 Å². The molecule has 3 aromatic rings. The molecule has 1 aromatic heterocycles. The van der Waals surface area contributed by atoms with Gasteiger partial charge >= 0.3 is 0 Å². The maximum absolute atomic E-state index is 12.8. The molecule has 0 amide bonds. The summed E-state index contributed by atoms with van der Waals surface area (Å²) in [7, 11) is 2.00. The summed E-state index contributed by atoms with van der Waals surface area (Å²) < 4.78 is 2.91. The molecule has 1 aliphatic rings. The number of halogens is 1. The van der Waals surface area contributed by atoms with E-state index in [1.54, 1.807) is 0 Å². The van der Waals surface area contributed by atoms with E-state index in [-0.39, 0.29) is 5.78 Å². The number of nitrogens with zero attached hydrogens (tertiary/aromatic N) is 1. The maximum Gasteiger partial charge on any atom is 0.213 e. The van der Waals surface area contributed by atoms with Crippen LogP contribution in [-0.4, -0.2) is 5.78 Å². The highest BCUT2D eigenvalue weighted by molar-refractivity contribution is 9.10. The van der Waals surface area contributed by atoms with Crippen LogP contribution in [0, 0.1) is 0 Å². The van der Waals surface area contributed by atoms with E-state index in [0.29, 0.717) is 0 Å². The summed E-state index contributed by atoms with van der Waals surface area (Å²) in [5, 5.41) is 1.04. The van der Waals surface area contributed by atoms with Crippen LogP contribution in [0.15, 0.2) is 53.1 Å². The normalized spacial score (nSPS) is 12.6. The lowest BCUT2D eigenvalue weighted by atomic mass is 9.84. The van der Waals surface area contributed by atoms with Crippen molar-refractivity contribution in [3.05, 3.63) is 64.3 Å². The van der Waals surface area contributed by atoms with Gasteiger partial charge in [0.2, 0.25) is 5.52 Å². The van der Waals surface area contributed by atoms with Gasteiger partial charge < -0.3 is 0 Å². The number of ketones is 1. The number of carbonyl (C=O) groups is 1. The van der Waals surface area contributed by atoms with E-state index >= 15 is 0 Å². The van der Waals surface area contributed by atoms with E-state index in [4.69, 9.17) is 0 Å². The molecule has 20 heavy (non-hydrogen) atoms. The second-order valence-electron chi connectivity index (χ2n) is 5.03. The minimum absolute atomic E-state index is 0.0942. The van der Waals surface area contributed by atoms with E-state index in [1.807, 2.05) is 49.6 Å². The smallest absolute Gasteiger partial charge is 0.213 e. The van der Waals surface area contributed by atoms with Crippen LogP contribution in [0.2, 0.25) is 0 Å². The number of hydrogen-bond acceptors (Lipinski definition) is 1. The molecule has 2 nitrogen and oxygen atoms in total. The van der Waals surface area contributed by atoms with Gasteiger partial charge in [-0.25, -0.2) is 4.57 Å². The molecule has 0 saturated carbocycles. The second kappa shape index (κ2) is 4.00. The predicted octanol–water partition coefficient (Wildman–Crippen LogP) is 3.64. The van der Waals surface area contributed by atoms with Crippen LogP contribution in [0.3, 0.4) is 0 Å². The Morgan fingerprint density at radius 1 is 0.950 bits per heavy atom. The molecule has 1 aliphatic carbocycles. The summed E-state index contributed by atoms with van der Waals surface area (Å²) in [6.07, 6.45) is 2.04. The van der Waals surface area contributed by atoms with E-state index < -0.39 is 0 Å². The van der Waals surface area contributed by atoms with Crippen LogP contribution >= 0.6 is 15.9 Å². The van der Waals surface area contributed by atoms with Crippen molar-refractivity contribution >= 4 is 32.6 Å². The van der Waals surface area contributed by atoms with Gasteiger partial charge in [0.15, 0.2) is 12.0 Å². The Bertz CT molecular complexity index is 899. The highest BCUT2D eigenvalue weighted by atomic mass is 79.9. The van der Waals surface area contributed by atoms with Gasteiger partial charge in [0.25, 0.3) is 0 Å². The molecule has 0 N–H and O–H groups in total. The van der Waals surface area contributed by atoms with E-state index in [0.717, 1.165) is 37.6 Å². The van der Waals surface area contributed by atoms with Crippen LogP contribution in [-0.2, 0) is 7.05 Å². The Morgan fingerprint density at radius 2 is 1.70 bits per heavy atom. The Hall–Kier alpha value is -2.00. The van der Waals surface area contributed by atoms with Crippen molar-refractivity contribution in [2.45, 2.75) is 0 Å². The molecule has 0 aliphatic heterocycles. The molecule has 0 atom stereocenters. The van der Waals surface area contributed by atoms with Gasteiger partial charge in [0.05, 0.1) is 10.9 Å². The van der Waals surface area contributed by atoms with Crippen molar-refractivity contribution in [3.63, 3.8) is 0 Å². The first kappa shape index (κ1) is 11.8. The quantitative estimate of drug-likeness (QED) is 0.452. The highest BCUT2D eigenvalue weighted by Gasteiger charge is 2.29. The first-order valence-corrected chi connectivity index (χ1v) is 7.23. The summed E-state index contributed by atoms with van der Waals surface area (Å²) in [5.41, 5.74) is 4.77. The van der Waals surface area contributed by atoms with Gasteiger partial charge in [-0.15, -0.1) is 0 Å². The van der Waals surface area contributed by atoms with E-state index in [1.165, 1.54) is 0 Å². The van der Waals surface area contributed by atoms with Crippen LogP contribution < -0.4 is 4.57 Å². The molecule has 3 heteroatoms. The zero-order valence-corrected chi connectivity index (χ0v) is 12.4. The average molecular weight is 325 g/mol. The zero-order chi connectivity index (χ0) is 13.9. The molecule has 0 fully saturated rings. The topological polar surface area (TPSA) is 20.9 Å². The van der Waals surface area contributed by atoms with Crippen molar-refractivity contribution < 1.29 is 9.36 Å². The molecule has 1 heterocycles. The van der Waals surface area contributed by atoms with Crippen molar-refractivity contribution in [1.82, 2.24) is 0 Å². The standard InChI is InChI=1S/C17H11BrNO/c1-19-9-8-11-10-4-2-3-5-12(10)17(20)16-13(18)6-7-14(19)15(11)16/h2-9H,1H3/q+1. The summed E-state index contributed by atoms with van der Waals surface area (Å²) in [4.78, 5) is 12.8. The highest BCUT2D eigenvalue weighted by Crippen LogP contribution is 2.40. The van der Waals surface area contributed by atoms with Crippen LogP contribution in [0.25, 0.3) is 22.0 Å². The molecule has 0 unspecified atom stereocenters. The van der Waals surface area contributed by atoms with Gasteiger partial charge in [0, 0.05) is 27.7 Å². The minimum Gasteiger partial charge on any atom is -0.289 e. The fraction of sp³-hybridized carbons (Fsp3) is 0.0588. The second-order valence-corrected chi connectivity index (χ2v) is 5.89. The molecule has 0 saturated heterocycles. The number of fused-ring (bicyclic) bond motifs is 2. The third-order valence-corrected chi connectivity index (χ3v) is 4.60. The van der Waals surface area contributed by atoms with Crippen molar-refractivity contribution in [2.75, 3.05) is 0 Å². The summed E-state index contributed by atoms with van der Waals surface area (Å²) in [6.45, 7) is 0. The third kappa shape index (κ3) is 1.38. The first-order chi connectivity index (χ1) is 9.68. The lowest BCUT2D eigenvalue weighted by Crippen LogP contribution is -2.29. The molecule has 0 spiro atoms. The van der Waals surface area contributed by atoms with E-state index in [9.17, 15) is 4.79 Å². The number of hydrogen-bond donors (Lipinski definition) is 0. The van der Waals surface area contributed by atoms with Crippen molar-refractivity contribution in [3.8, 4) is 11.1 Å². The van der Waals surface area contributed by atoms with E-state index in [2.05, 4.69) is 26.6 Å². The summed E-state index contributed by atoms with van der Waals surface area (Å²) >= 11 is 3.53. The van der Waals surface area contributed by atoms with Crippen molar-refractivity contribution in [2.24, 2.45) is 7.05 Å². The Labute approximate surface area is 124 Å². The third-order valence-electron chi connectivity index (χ3n) is 3.94. The Balaban J connectivity index is 2.30. The van der Waals surface area contributed by atoms with Crippen LogP contribution in [0.1, 0.15) is 15.9 Å². The molecular formula is C17H11BrNO+. The Morgan fingerprint density at radius 3 is 2.50 bits per heavy atom. The minimum atomic E-state index is 0.0942. The number of benzene rings is 2. The van der Waals surface area contributed by atoms with Gasteiger partial charge in [-0.3, -0.25) is 4.79 Å². The fourth-order valence-electron chi connectivity index (χ4n) is 2.98. The molecular weight excluding hydrogens is 314 g/mol. The largest absolute Gasteiger partial charge is 0.289 e. The zero-order valence-electron chi connectivity index (χ0n) is 10.9. The van der Waals surface area contributed by atoms with Gasteiger partial charge in [0.1, 0.15) is 7.05 Å². The summed E-state index contributed by atoms with van der Waals surface area (Å²) in [6, 6.07) is 13.9. The fourth-order valence-corrected chi connectivity index (χ4v) is 3.49. The van der Waals surface area contributed by atoms with Gasteiger partial charge in [-0.2, -0.15) is 0 Å². The summed E-state index contributed by atoms with van der Waals surface area (Å²) in [5.74, 6) is 0.0942. The molecule has 0 radical (unpaired) electrons. The lowest BCUT2D eigenvalue weighted by Gasteiger charge is -2.19. The van der Waals surface area contributed by atoms with Crippen LogP contribution in [0.5, 0.6) is 0 Å². The molecule has 96 valence electrons. The van der Waals surface area contributed by atoms with Crippen LogP contribution in [0.4, 0.5) is 0 Å². The number of carbonyl (C=O) groups excluding carboxylic acids is 1. The number of rotatable bonds is 0. The lowest BCUT2D eigenvalue weighted by molar-refractivity contribution is -0.644. The predicted molar refractivity (Wildman–Crippen MR) is 81.7 cm³/mol. The number of aromatic nitrogens is 1. The van der Waals surface area contributed by atoms with Gasteiger partial charge in [-0.05, 0) is 11.6 Å².